The predicted octanol–water partition coefficient (Wildman–Crippen LogP) is 3.40. The van der Waals surface area contributed by atoms with Gasteiger partial charge in [0.25, 0.3) is 5.91 Å². The number of ether oxygens (including phenoxy) is 1. The van der Waals surface area contributed by atoms with Gasteiger partial charge in [-0.2, -0.15) is 5.10 Å². The molecule has 2 aromatic carbocycles. The molecule has 0 bridgehead atoms. The normalized spacial score (nSPS) is 21.3. The number of anilines is 1. The van der Waals surface area contributed by atoms with E-state index in [0.717, 1.165) is 73.2 Å². The lowest BCUT2D eigenvalue weighted by molar-refractivity contribution is -0.142. The third-order valence-corrected chi connectivity index (χ3v) is 10.6. The number of benzene rings is 2. The minimum absolute atomic E-state index is 0.0362. The molecule has 2 N–H and O–H groups in total. The number of carbonyl (C=O) groups excluding carboxylic acids is 3. The lowest BCUT2D eigenvalue weighted by Crippen LogP contribution is -2.54. The number of aromatic nitrogens is 2. The lowest BCUT2D eigenvalue weighted by atomic mass is 10.00. The molecule has 4 aliphatic heterocycles. The Hall–Kier alpha value is -4.16. The first-order valence-electron chi connectivity index (χ1n) is 17.2. The zero-order valence-electron chi connectivity index (χ0n) is 27.3. The van der Waals surface area contributed by atoms with Crippen molar-refractivity contribution in [1.29, 1.82) is 0 Å². The molecule has 7 rings (SSSR count). The van der Waals surface area contributed by atoms with Gasteiger partial charge in [0.05, 0.1) is 11.7 Å². The maximum absolute atomic E-state index is 14.0. The van der Waals surface area contributed by atoms with Crippen molar-refractivity contribution in [2.75, 3.05) is 71.3 Å². The Bertz CT molecular complexity index is 1570. The molecular weight excluding hydrogens is 596 g/mol. The number of piperidine rings is 2. The minimum Gasteiger partial charge on any atom is -0.436 e. The molecule has 1 aromatic heterocycles. The van der Waals surface area contributed by atoms with E-state index in [1.807, 2.05) is 46.2 Å². The van der Waals surface area contributed by atoms with Crippen LogP contribution in [0.2, 0.25) is 0 Å². The molecule has 1 atom stereocenters. The number of nitrogens with one attached hydrogen (secondary N) is 2. The maximum atomic E-state index is 14.0. The number of para-hydroxylation sites is 1. The van der Waals surface area contributed by atoms with Gasteiger partial charge >= 0.3 is 12.1 Å². The first-order chi connectivity index (χ1) is 22.9. The van der Waals surface area contributed by atoms with Crippen LogP contribution >= 0.6 is 0 Å². The maximum Gasteiger partial charge on any atom is 0.410 e. The summed E-state index contributed by atoms with van der Waals surface area (Å²) in [5.74, 6) is -0.127. The van der Waals surface area contributed by atoms with Crippen LogP contribution in [0.25, 0.3) is 10.9 Å². The van der Waals surface area contributed by atoms with Gasteiger partial charge in [-0.3, -0.25) is 14.8 Å². The van der Waals surface area contributed by atoms with Crippen LogP contribution in [0.1, 0.15) is 36.8 Å². The first kappa shape index (κ1) is 31.4. The summed E-state index contributed by atoms with van der Waals surface area (Å²) in [5.41, 5.74) is 3.84. The average Bonchev–Trinajstić information content (AvgIpc) is 3.50. The van der Waals surface area contributed by atoms with Gasteiger partial charge in [-0.05, 0) is 68.5 Å². The number of likely N-dealkylation sites (N-methyl/N-ethyl adjacent to an activating group) is 1. The zero-order chi connectivity index (χ0) is 32.3. The smallest absolute Gasteiger partial charge is 0.410 e. The number of piperazine rings is 1. The standard InChI is InChI=1S/C35H46N8O4/c1-39-18-20-40(21-19-39)28-9-13-41(14-10-28)33(44)32(23-25-6-7-31-27(22-25)24-36-38-31)47-35(46)42-15-11-29(12-16-42)43-17-8-26-4-2-3-5-30(26)37-34(43)45/h2-7,22,24,28-29,32H,8-21,23H2,1H3,(H,36,38)(H,37,45)/t32-/m1/s1. The summed E-state index contributed by atoms with van der Waals surface area (Å²) in [6, 6.07) is 14.3. The van der Waals surface area contributed by atoms with Crippen molar-refractivity contribution >= 4 is 34.6 Å². The van der Waals surface area contributed by atoms with E-state index < -0.39 is 12.2 Å². The van der Waals surface area contributed by atoms with Crippen LogP contribution in [0.3, 0.4) is 0 Å². The number of amides is 4. The highest BCUT2D eigenvalue weighted by atomic mass is 16.6. The van der Waals surface area contributed by atoms with Crippen LogP contribution in [0, 0.1) is 0 Å². The monoisotopic (exact) mass is 642 g/mol. The molecule has 5 heterocycles. The van der Waals surface area contributed by atoms with Gasteiger partial charge in [-0.25, -0.2) is 9.59 Å². The van der Waals surface area contributed by atoms with Crippen molar-refractivity contribution in [2.45, 2.75) is 56.7 Å². The van der Waals surface area contributed by atoms with E-state index in [2.05, 4.69) is 38.4 Å². The number of carbonyl (C=O) groups is 3. The molecule has 0 unspecified atom stereocenters. The average molecular weight is 643 g/mol. The second-order valence-electron chi connectivity index (χ2n) is 13.5. The molecule has 0 aliphatic carbocycles. The molecule has 47 heavy (non-hydrogen) atoms. The van der Waals surface area contributed by atoms with Crippen LogP contribution < -0.4 is 5.32 Å². The van der Waals surface area contributed by atoms with Crippen molar-refractivity contribution in [1.82, 2.24) is 34.7 Å². The van der Waals surface area contributed by atoms with Crippen molar-refractivity contribution in [3.63, 3.8) is 0 Å². The fourth-order valence-corrected chi connectivity index (χ4v) is 7.65. The topological polar surface area (TPSA) is 117 Å². The number of urea groups is 1. The summed E-state index contributed by atoms with van der Waals surface area (Å²) < 4.78 is 6.09. The number of likely N-dealkylation sites (tertiary alicyclic amines) is 2. The number of hydrogen-bond donors (Lipinski definition) is 2. The Labute approximate surface area is 276 Å². The van der Waals surface area contributed by atoms with Gasteiger partial charge in [0.1, 0.15) is 0 Å². The molecular formula is C35H46N8O4. The van der Waals surface area contributed by atoms with Crippen LogP contribution in [0.4, 0.5) is 15.3 Å². The lowest BCUT2D eigenvalue weighted by Gasteiger charge is -2.42. The summed E-state index contributed by atoms with van der Waals surface area (Å²) in [6.45, 7) is 7.20. The van der Waals surface area contributed by atoms with Gasteiger partial charge in [0, 0.05) is 88.5 Å². The van der Waals surface area contributed by atoms with Crippen molar-refractivity contribution < 1.29 is 19.1 Å². The van der Waals surface area contributed by atoms with Crippen LogP contribution in [0.15, 0.2) is 48.7 Å². The summed E-state index contributed by atoms with van der Waals surface area (Å²) in [6.07, 6.45) is 4.65. The summed E-state index contributed by atoms with van der Waals surface area (Å²) in [5, 5.41) is 11.1. The molecule has 4 amide bonds. The van der Waals surface area contributed by atoms with Gasteiger partial charge in [-0.1, -0.05) is 24.3 Å². The predicted molar refractivity (Wildman–Crippen MR) is 179 cm³/mol. The molecule has 12 nitrogen and oxygen atoms in total. The highest BCUT2D eigenvalue weighted by molar-refractivity contribution is 5.91. The Balaban J connectivity index is 0.981. The number of rotatable bonds is 6. The molecule has 0 spiro atoms. The molecule has 0 radical (unpaired) electrons. The Morgan fingerprint density at radius 1 is 0.894 bits per heavy atom. The van der Waals surface area contributed by atoms with Gasteiger partial charge in [-0.15, -0.1) is 0 Å². The fourth-order valence-electron chi connectivity index (χ4n) is 7.65. The summed E-state index contributed by atoms with van der Waals surface area (Å²) in [7, 11) is 2.17. The van der Waals surface area contributed by atoms with Gasteiger partial charge in [0.2, 0.25) is 0 Å². The SMILES string of the molecule is CN1CCN(C2CCN(C(=O)[C@@H](Cc3ccc4[nH]ncc4c3)OC(=O)N3CCC(N4CCc5ccccc5NC4=O)CC3)CC2)CC1. The first-order valence-corrected chi connectivity index (χ1v) is 17.2. The quantitative estimate of drug-likeness (QED) is 0.424. The molecule has 250 valence electrons. The summed E-state index contributed by atoms with van der Waals surface area (Å²) >= 11 is 0. The zero-order valence-corrected chi connectivity index (χ0v) is 27.3. The minimum atomic E-state index is -0.917. The Morgan fingerprint density at radius 2 is 1.62 bits per heavy atom. The van der Waals surface area contributed by atoms with E-state index in [0.29, 0.717) is 58.0 Å². The van der Waals surface area contributed by atoms with E-state index in [-0.39, 0.29) is 18.0 Å². The van der Waals surface area contributed by atoms with Crippen molar-refractivity contribution in [3.8, 4) is 0 Å². The second-order valence-corrected chi connectivity index (χ2v) is 13.5. The van der Waals surface area contributed by atoms with E-state index in [1.165, 1.54) is 0 Å². The molecule has 4 aliphatic rings. The third-order valence-electron chi connectivity index (χ3n) is 10.6. The van der Waals surface area contributed by atoms with Gasteiger partial charge in [0.15, 0.2) is 6.10 Å². The molecule has 3 aromatic rings. The number of fused-ring (bicyclic) bond motifs is 2. The molecule has 0 saturated carbocycles. The molecule has 3 fully saturated rings. The highest BCUT2D eigenvalue weighted by Crippen LogP contribution is 2.26. The number of H-pyrrole nitrogens is 1. The fraction of sp³-hybridized carbons (Fsp3) is 0.543. The highest BCUT2D eigenvalue weighted by Gasteiger charge is 2.36. The van der Waals surface area contributed by atoms with Crippen molar-refractivity contribution in [2.24, 2.45) is 0 Å². The van der Waals surface area contributed by atoms with E-state index in [4.69, 9.17) is 4.74 Å². The third kappa shape index (κ3) is 7.08. The van der Waals surface area contributed by atoms with E-state index in [1.54, 1.807) is 11.1 Å². The number of nitrogens with zero attached hydrogens (tertiary/aromatic N) is 6. The van der Waals surface area contributed by atoms with Crippen molar-refractivity contribution in [3.05, 3.63) is 59.8 Å². The molecule has 12 heteroatoms. The van der Waals surface area contributed by atoms with E-state index >= 15 is 0 Å². The molecule has 3 saturated heterocycles. The Kier molecular flexibility index (Phi) is 9.30. The van der Waals surface area contributed by atoms with Crippen LogP contribution in [-0.2, 0) is 22.4 Å². The van der Waals surface area contributed by atoms with E-state index in [9.17, 15) is 14.4 Å². The largest absolute Gasteiger partial charge is 0.436 e. The summed E-state index contributed by atoms with van der Waals surface area (Å²) in [4.78, 5) is 51.1. The van der Waals surface area contributed by atoms with Gasteiger partial charge < -0.3 is 29.7 Å². The number of hydrogen-bond acceptors (Lipinski definition) is 7. The van der Waals surface area contributed by atoms with Crippen LogP contribution in [-0.4, -0.2) is 137 Å². The van der Waals surface area contributed by atoms with Crippen LogP contribution in [0.5, 0.6) is 0 Å². The Morgan fingerprint density at radius 3 is 2.40 bits per heavy atom. The number of aromatic amines is 1. The second kappa shape index (κ2) is 13.9.